The summed E-state index contributed by atoms with van der Waals surface area (Å²) in [6, 6.07) is -0.148. The third kappa shape index (κ3) is 4.60. The van der Waals surface area contributed by atoms with Gasteiger partial charge >= 0.3 is 12.0 Å². The van der Waals surface area contributed by atoms with E-state index in [0.717, 1.165) is 19.5 Å². The molecule has 6 nitrogen and oxygen atoms in total. The van der Waals surface area contributed by atoms with Crippen molar-refractivity contribution in [2.24, 2.45) is 5.92 Å². The number of hydrogen-bond donors (Lipinski definition) is 3. The highest BCUT2D eigenvalue weighted by atomic mass is 16.4. The van der Waals surface area contributed by atoms with Crippen LogP contribution in [-0.4, -0.2) is 54.7 Å². The Morgan fingerprint density at radius 2 is 2.18 bits per heavy atom. The van der Waals surface area contributed by atoms with Gasteiger partial charge in [-0.05, 0) is 25.9 Å². The van der Waals surface area contributed by atoms with Crippen molar-refractivity contribution in [3.05, 3.63) is 0 Å². The van der Waals surface area contributed by atoms with Gasteiger partial charge in [0.25, 0.3) is 0 Å². The summed E-state index contributed by atoms with van der Waals surface area (Å²) in [7, 11) is 0. The van der Waals surface area contributed by atoms with Crippen molar-refractivity contribution in [2.75, 3.05) is 32.7 Å². The molecule has 0 spiro atoms. The van der Waals surface area contributed by atoms with Gasteiger partial charge in [-0.3, -0.25) is 4.79 Å². The fourth-order valence-electron chi connectivity index (χ4n) is 1.84. The zero-order valence-corrected chi connectivity index (χ0v) is 10.2. The third-order valence-corrected chi connectivity index (χ3v) is 2.88. The lowest BCUT2D eigenvalue weighted by Gasteiger charge is -2.16. The van der Waals surface area contributed by atoms with Crippen LogP contribution < -0.4 is 10.6 Å². The maximum Gasteiger partial charge on any atom is 0.317 e. The van der Waals surface area contributed by atoms with Crippen molar-refractivity contribution in [1.29, 1.82) is 0 Å². The van der Waals surface area contributed by atoms with Crippen LogP contribution in [0.4, 0.5) is 4.79 Å². The van der Waals surface area contributed by atoms with E-state index in [1.165, 1.54) is 0 Å². The molecule has 0 aliphatic carbocycles. The molecule has 1 rings (SSSR count). The minimum atomic E-state index is -0.813. The second-order valence-corrected chi connectivity index (χ2v) is 4.21. The average molecular weight is 243 g/mol. The Labute approximate surface area is 101 Å². The van der Waals surface area contributed by atoms with E-state index in [-0.39, 0.29) is 6.03 Å². The van der Waals surface area contributed by atoms with Gasteiger partial charge in [0.15, 0.2) is 0 Å². The molecule has 1 unspecified atom stereocenters. The summed E-state index contributed by atoms with van der Waals surface area (Å²) in [5.41, 5.74) is 0. The van der Waals surface area contributed by atoms with Crippen LogP contribution in [0.15, 0.2) is 0 Å². The molecule has 1 aliphatic rings. The lowest BCUT2D eigenvalue weighted by Crippen LogP contribution is -2.39. The number of nitrogens with one attached hydrogen (secondary N) is 2. The van der Waals surface area contributed by atoms with Crippen molar-refractivity contribution in [1.82, 2.24) is 15.5 Å². The molecule has 6 heteroatoms. The fourth-order valence-corrected chi connectivity index (χ4v) is 1.84. The van der Waals surface area contributed by atoms with Gasteiger partial charge in [0, 0.05) is 19.6 Å². The highest BCUT2D eigenvalue weighted by Gasteiger charge is 2.30. The Hall–Kier alpha value is -1.30. The number of urea groups is 1. The smallest absolute Gasteiger partial charge is 0.317 e. The minimum Gasteiger partial charge on any atom is -0.481 e. The molecule has 0 radical (unpaired) electrons. The van der Waals surface area contributed by atoms with Gasteiger partial charge in [-0.1, -0.05) is 6.92 Å². The molecule has 1 saturated heterocycles. The fraction of sp³-hybridized carbons (Fsp3) is 0.818. The first kappa shape index (κ1) is 13.8. The van der Waals surface area contributed by atoms with E-state index < -0.39 is 11.9 Å². The first-order valence-corrected chi connectivity index (χ1v) is 6.11. The standard InChI is InChI=1S/C11H21N3O3/c1-2-12-5-3-6-13-11(17)14-7-4-9(8-14)10(15)16/h9,12H,2-8H2,1H3,(H,13,17)(H,15,16). The highest BCUT2D eigenvalue weighted by Crippen LogP contribution is 2.15. The number of hydrogen-bond acceptors (Lipinski definition) is 3. The quantitative estimate of drug-likeness (QED) is 0.578. The van der Waals surface area contributed by atoms with E-state index in [1.807, 2.05) is 6.92 Å². The summed E-state index contributed by atoms with van der Waals surface area (Å²) >= 11 is 0. The van der Waals surface area contributed by atoms with E-state index >= 15 is 0 Å². The summed E-state index contributed by atoms with van der Waals surface area (Å²) in [6.45, 7) is 5.34. The molecular formula is C11H21N3O3. The third-order valence-electron chi connectivity index (χ3n) is 2.88. The number of likely N-dealkylation sites (tertiary alicyclic amines) is 1. The predicted octanol–water partition coefficient (Wildman–Crippen LogP) is 0.102. The summed E-state index contributed by atoms with van der Waals surface area (Å²) in [6.07, 6.45) is 1.44. The summed E-state index contributed by atoms with van der Waals surface area (Å²) in [5, 5.41) is 14.8. The van der Waals surface area contributed by atoms with Crippen LogP contribution in [0, 0.1) is 5.92 Å². The lowest BCUT2D eigenvalue weighted by molar-refractivity contribution is -0.141. The van der Waals surface area contributed by atoms with E-state index in [0.29, 0.717) is 26.1 Å². The monoisotopic (exact) mass is 243 g/mol. The van der Waals surface area contributed by atoms with E-state index in [9.17, 15) is 9.59 Å². The molecule has 98 valence electrons. The van der Waals surface area contributed by atoms with Crippen LogP contribution >= 0.6 is 0 Å². The molecule has 1 heterocycles. The molecule has 2 amide bonds. The second kappa shape index (κ2) is 7.11. The number of carboxylic acids is 1. The SMILES string of the molecule is CCNCCCNC(=O)N1CCC(C(=O)O)C1. The van der Waals surface area contributed by atoms with Gasteiger partial charge in [0.05, 0.1) is 5.92 Å². The Balaban J connectivity index is 2.14. The molecule has 0 saturated carbocycles. The number of aliphatic carboxylic acids is 1. The van der Waals surface area contributed by atoms with Gasteiger partial charge in [-0.25, -0.2) is 4.79 Å². The van der Waals surface area contributed by atoms with Gasteiger partial charge in [0.2, 0.25) is 0 Å². The Kier molecular flexibility index (Phi) is 5.76. The summed E-state index contributed by atoms with van der Waals surface area (Å²) < 4.78 is 0. The normalized spacial score (nSPS) is 19.4. The number of carboxylic acid groups (broad SMARTS) is 1. The van der Waals surface area contributed by atoms with E-state index in [2.05, 4.69) is 10.6 Å². The van der Waals surface area contributed by atoms with Crippen LogP contribution in [0.1, 0.15) is 19.8 Å². The largest absolute Gasteiger partial charge is 0.481 e. The molecule has 0 aromatic heterocycles. The zero-order valence-electron chi connectivity index (χ0n) is 10.2. The first-order chi connectivity index (χ1) is 8.15. The lowest BCUT2D eigenvalue weighted by atomic mass is 10.1. The van der Waals surface area contributed by atoms with Crippen LogP contribution in [0.3, 0.4) is 0 Å². The predicted molar refractivity (Wildman–Crippen MR) is 63.9 cm³/mol. The Bertz CT molecular complexity index is 271. The van der Waals surface area contributed by atoms with Crippen LogP contribution in [0.5, 0.6) is 0 Å². The molecule has 0 bridgehead atoms. The van der Waals surface area contributed by atoms with Gasteiger partial charge in [-0.15, -0.1) is 0 Å². The molecular weight excluding hydrogens is 222 g/mol. The van der Waals surface area contributed by atoms with Gasteiger partial charge in [0.1, 0.15) is 0 Å². The summed E-state index contributed by atoms with van der Waals surface area (Å²) in [4.78, 5) is 24.0. The Morgan fingerprint density at radius 1 is 1.41 bits per heavy atom. The zero-order chi connectivity index (χ0) is 12.7. The number of carbonyl (C=O) groups is 2. The highest BCUT2D eigenvalue weighted by molar-refractivity contribution is 5.77. The van der Waals surface area contributed by atoms with Gasteiger partial charge < -0.3 is 20.6 Å². The maximum atomic E-state index is 11.6. The number of carbonyl (C=O) groups excluding carboxylic acids is 1. The van der Waals surface area contributed by atoms with Crippen molar-refractivity contribution in [3.8, 4) is 0 Å². The number of rotatable bonds is 6. The number of nitrogens with zero attached hydrogens (tertiary/aromatic N) is 1. The second-order valence-electron chi connectivity index (χ2n) is 4.21. The molecule has 17 heavy (non-hydrogen) atoms. The molecule has 3 N–H and O–H groups in total. The van der Waals surface area contributed by atoms with Crippen LogP contribution in [-0.2, 0) is 4.79 Å². The van der Waals surface area contributed by atoms with E-state index in [1.54, 1.807) is 4.90 Å². The summed E-state index contributed by atoms with van der Waals surface area (Å²) in [5.74, 6) is -1.21. The molecule has 0 aromatic carbocycles. The van der Waals surface area contributed by atoms with Crippen molar-refractivity contribution >= 4 is 12.0 Å². The van der Waals surface area contributed by atoms with Crippen molar-refractivity contribution in [2.45, 2.75) is 19.8 Å². The molecule has 1 atom stereocenters. The van der Waals surface area contributed by atoms with E-state index in [4.69, 9.17) is 5.11 Å². The van der Waals surface area contributed by atoms with Crippen molar-refractivity contribution < 1.29 is 14.7 Å². The van der Waals surface area contributed by atoms with Crippen LogP contribution in [0.2, 0.25) is 0 Å². The van der Waals surface area contributed by atoms with Gasteiger partial charge in [-0.2, -0.15) is 0 Å². The average Bonchev–Trinajstić information content (AvgIpc) is 2.78. The molecule has 1 aliphatic heterocycles. The minimum absolute atomic E-state index is 0.148. The Morgan fingerprint density at radius 3 is 2.76 bits per heavy atom. The van der Waals surface area contributed by atoms with Crippen molar-refractivity contribution in [3.63, 3.8) is 0 Å². The molecule has 1 fully saturated rings. The van der Waals surface area contributed by atoms with Crippen LogP contribution in [0.25, 0.3) is 0 Å². The first-order valence-electron chi connectivity index (χ1n) is 6.11. The molecule has 0 aromatic rings. The maximum absolute atomic E-state index is 11.6. The topological polar surface area (TPSA) is 81.7 Å². The number of amides is 2.